The van der Waals surface area contributed by atoms with E-state index in [1.54, 1.807) is 13.8 Å². The zero-order chi connectivity index (χ0) is 33.9. The van der Waals surface area contributed by atoms with Crippen molar-refractivity contribution in [3.05, 3.63) is 106 Å². The van der Waals surface area contributed by atoms with Crippen LogP contribution in [0.3, 0.4) is 0 Å². The Labute approximate surface area is 280 Å². The number of thiophene rings is 1. The highest BCUT2D eigenvalue weighted by Crippen LogP contribution is 2.28. The number of benzene rings is 2. The Bertz CT molecular complexity index is 1930. The van der Waals surface area contributed by atoms with Gasteiger partial charge in [-0.05, 0) is 49.3 Å². The zero-order valence-electron chi connectivity index (χ0n) is 27.0. The molecule has 0 spiro atoms. The van der Waals surface area contributed by atoms with Crippen molar-refractivity contribution in [2.45, 2.75) is 52.2 Å². The Morgan fingerprint density at radius 3 is 2.48 bits per heavy atom. The van der Waals surface area contributed by atoms with Crippen LogP contribution in [0, 0.1) is 12.8 Å². The van der Waals surface area contributed by atoms with E-state index in [1.807, 2.05) is 74.5 Å². The molecular weight excluding hydrogens is 632 g/mol. The van der Waals surface area contributed by atoms with Crippen molar-refractivity contribution in [2.75, 3.05) is 13.1 Å². The first-order chi connectivity index (χ1) is 23.0. The second-order valence-electron chi connectivity index (χ2n) is 12.2. The number of oxazole rings is 2. The number of aromatic nitrogens is 2. The lowest BCUT2D eigenvalue weighted by molar-refractivity contribution is -0.122. The van der Waals surface area contributed by atoms with Crippen LogP contribution in [0.25, 0.3) is 10.1 Å². The lowest BCUT2D eigenvalue weighted by Crippen LogP contribution is -2.46. The smallest absolute Gasteiger partial charge is 0.274 e. The Balaban J connectivity index is 1.42. The molecule has 0 saturated heterocycles. The molecule has 248 valence electrons. The van der Waals surface area contributed by atoms with E-state index in [0.717, 1.165) is 15.6 Å². The van der Waals surface area contributed by atoms with E-state index in [4.69, 9.17) is 8.83 Å². The molecule has 0 aliphatic carbocycles. The van der Waals surface area contributed by atoms with Crippen molar-refractivity contribution in [1.82, 2.24) is 30.8 Å². The average Bonchev–Trinajstić information content (AvgIpc) is 3.82. The Morgan fingerprint density at radius 2 is 1.73 bits per heavy atom. The first-order valence-electron chi connectivity index (χ1n) is 15.7. The second kappa shape index (κ2) is 13.8. The number of fused-ring (bicyclic) bond motifs is 5. The summed E-state index contributed by atoms with van der Waals surface area (Å²) in [5.74, 6) is -1.20. The summed E-state index contributed by atoms with van der Waals surface area (Å²) in [7, 11) is 0. The molecule has 5 aromatic rings. The highest BCUT2D eigenvalue weighted by molar-refractivity contribution is 7.20. The molecule has 3 N–H and O–H groups in total. The van der Waals surface area contributed by atoms with Gasteiger partial charge in [0.25, 0.3) is 17.7 Å². The monoisotopic (exact) mass is 668 g/mol. The fourth-order valence-corrected chi connectivity index (χ4v) is 6.66. The van der Waals surface area contributed by atoms with E-state index in [-0.39, 0.29) is 53.8 Å². The van der Waals surface area contributed by atoms with Gasteiger partial charge >= 0.3 is 0 Å². The lowest BCUT2D eigenvalue weighted by Gasteiger charge is -2.28. The van der Waals surface area contributed by atoms with Crippen molar-refractivity contribution in [3.63, 3.8) is 0 Å². The summed E-state index contributed by atoms with van der Waals surface area (Å²) in [5.41, 5.74) is 0.768. The SMILES string of the molecule is Cc1oc2nc1C(=O)N[C@@H](c1ccccc1)CN(C(=O)c1cc3ccccc3s1)CC(=O)N[C@H](CC(C)C)c1nc(co1)C(=O)N[C@H]2C. The third-order valence-electron chi connectivity index (χ3n) is 8.01. The highest BCUT2D eigenvalue weighted by Gasteiger charge is 2.31. The lowest BCUT2D eigenvalue weighted by atomic mass is 10.0. The molecule has 12 nitrogen and oxygen atoms in total. The largest absolute Gasteiger partial charge is 0.446 e. The number of amides is 4. The van der Waals surface area contributed by atoms with Gasteiger partial charge in [0.2, 0.25) is 17.7 Å². The van der Waals surface area contributed by atoms with Crippen LogP contribution >= 0.6 is 11.3 Å². The molecule has 4 amide bonds. The minimum Gasteiger partial charge on any atom is -0.446 e. The number of carbonyl (C=O) groups is 4. The fraction of sp³-hybridized carbons (Fsp3) is 0.314. The summed E-state index contributed by atoms with van der Waals surface area (Å²) >= 11 is 1.33. The molecule has 13 heteroatoms. The van der Waals surface area contributed by atoms with Crippen LogP contribution in [0.4, 0.5) is 0 Å². The molecule has 0 fully saturated rings. The molecule has 6 rings (SSSR count). The number of nitrogens with zero attached hydrogens (tertiary/aromatic N) is 3. The van der Waals surface area contributed by atoms with Crippen LogP contribution in [0.1, 0.15) is 99.1 Å². The predicted molar refractivity (Wildman–Crippen MR) is 178 cm³/mol. The maximum atomic E-state index is 14.2. The van der Waals surface area contributed by atoms with Gasteiger partial charge in [0.1, 0.15) is 24.1 Å². The van der Waals surface area contributed by atoms with Crippen molar-refractivity contribution >= 4 is 45.1 Å². The molecule has 2 aromatic carbocycles. The number of aryl methyl sites for hydroxylation is 1. The molecular formula is C35H36N6O6S. The minimum atomic E-state index is -0.721. The molecule has 4 heterocycles. The summed E-state index contributed by atoms with van der Waals surface area (Å²) in [5, 5.41) is 9.68. The van der Waals surface area contributed by atoms with Crippen LogP contribution in [0.15, 0.2) is 75.8 Å². The standard InChI is InChI=1S/C35H36N6O6S/c1-19(2)14-24-34-39-26(18-46-34)31(43)36-20(3)33-40-30(21(4)47-33)32(44)38-25(22-10-6-5-7-11-22)16-41(17-29(42)37-24)35(45)28-15-23-12-8-9-13-27(23)48-28/h5-13,15,18-20,24-25H,14,16-17H2,1-4H3,(H,36,43)(H,37,42)(H,38,44)/t20-,24+,25+/m0/s1. The van der Waals surface area contributed by atoms with Crippen LogP contribution in [0.5, 0.6) is 0 Å². The van der Waals surface area contributed by atoms with Crippen molar-refractivity contribution in [3.8, 4) is 0 Å². The van der Waals surface area contributed by atoms with Gasteiger partial charge < -0.3 is 29.7 Å². The van der Waals surface area contributed by atoms with Gasteiger partial charge in [0.05, 0.1) is 17.5 Å². The molecule has 1 aliphatic rings. The molecule has 1 aliphatic heterocycles. The average molecular weight is 669 g/mol. The van der Waals surface area contributed by atoms with Gasteiger partial charge in [-0.25, -0.2) is 9.97 Å². The van der Waals surface area contributed by atoms with E-state index < -0.39 is 35.8 Å². The van der Waals surface area contributed by atoms with E-state index >= 15 is 0 Å². The van der Waals surface area contributed by atoms with Gasteiger partial charge in [-0.1, -0.05) is 62.4 Å². The fourth-order valence-electron chi connectivity index (χ4n) is 5.63. The number of hydrogen-bond donors (Lipinski definition) is 3. The molecule has 4 bridgehead atoms. The van der Waals surface area contributed by atoms with E-state index in [9.17, 15) is 19.2 Å². The molecule has 3 aromatic heterocycles. The van der Waals surface area contributed by atoms with Gasteiger partial charge in [0.15, 0.2) is 11.4 Å². The zero-order valence-corrected chi connectivity index (χ0v) is 27.8. The number of nitrogens with one attached hydrogen (secondary N) is 3. The molecule has 48 heavy (non-hydrogen) atoms. The third kappa shape index (κ3) is 7.15. The second-order valence-corrected chi connectivity index (χ2v) is 13.3. The molecule has 0 unspecified atom stereocenters. The summed E-state index contributed by atoms with van der Waals surface area (Å²) in [6, 6.07) is 16.6. The van der Waals surface area contributed by atoms with Crippen molar-refractivity contribution in [2.24, 2.45) is 5.92 Å². The first kappa shape index (κ1) is 32.6. The van der Waals surface area contributed by atoms with Crippen LogP contribution < -0.4 is 16.0 Å². The summed E-state index contributed by atoms with van der Waals surface area (Å²) < 4.78 is 12.5. The van der Waals surface area contributed by atoms with Crippen LogP contribution in [0.2, 0.25) is 0 Å². The summed E-state index contributed by atoms with van der Waals surface area (Å²) in [4.78, 5) is 65.6. The maximum absolute atomic E-state index is 14.2. The molecule has 3 atom stereocenters. The normalized spacial score (nSPS) is 19.4. The van der Waals surface area contributed by atoms with Crippen molar-refractivity contribution in [1.29, 1.82) is 0 Å². The molecule has 0 saturated carbocycles. The summed E-state index contributed by atoms with van der Waals surface area (Å²) in [6.07, 6.45) is 1.70. The topological polar surface area (TPSA) is 160 Å². The number of hydrogen-bond acceptors (Lipinski definition) is 9. The van der Waals surface area contributed by atoms with E-state index in [0.29, 0.717) is 11.3 Å². The Morgan fingerprint density at radius 1 is 0.979 bits per heavy atom. The Hall–Kier alpha value is -5.30. The van der Waals surface area contributed by atoms with Crippen molar-refractivity contribution < 1.29 is 28.0 Å². The number of carbonyl (C=O) groups excluding carboxylic acids is 4. The van der Waals surface area contributed by atoms with Gasteiger partial charge in [-0.15, -0.1) is 11.3 Å². The predicted octanol–water partition coefficient (Wildman–Crippen LogP) is 5.51. The summed E-state index contributed by atoms with van der Waals surface area (Å²) in [6.45, 7) is 6.93. The highest BCUT2D eigenvalue weighted by atomic mass is 32.1. The van der Waals surface area contributed by atoms with E-state index in [2.05, 4.69) is 25.9 Å². The Kier molecular flexibility index (Phi) is 9.40. The third-order valence-corrected chi connectivity index (χ3v) is 9.11. The minimum absolute atomic E-state index is 0.00878. The van der Waals surface area contributed by atoms with Gasteiger partial charge in [0, 0.05) is 11.2 Å². The van der Waals surface area contributed by atoms with E-state index in [1.165, 1.54) is 22.5 Å². The maximum Gasteiger partial charge on any atom is 0.274 e. The molecule has 0 radical (unpaired) electrons. The first-order valence-corrected chi connectivity index (χ1v) is 16.5. The van der Waals surface area contributed by atoms with Gasteiger partial charge in [-0.2, -0.15) is 0 Å². The number of rotatable bonds is 4. The quantitative estimate of drug-likeness (QED) is 0.226. The van der Waals surface area contributed by atoms with Crippen LogP contribution in [-0.2, 0) is 4.79 Å². The van der Waals surface area contributed by atoms with Crippen LogP contribution in [-0.4, -0.2) is 51.6 Å². The van der Waals surface area contributed by atoms with Gasteiger partial charge in [-0.3, -0.25) is 19.2 Å².